The molecule has 0 radical (unpaired) electrons. The quantitative estimate of drug-likeness (QED) is 0.764. The molecule has 1 saturated heterocycles. The number of halogens is 1. The summed E-state index contributed by atoms with van der Waals surface area (Å²) in [6.45, 7) is 6.64. The fourth-order valence-corrected chi connectivity index (χ4v) is 2.32. The Hall–Kier alpha value is -1.12. The third-order valence-corrected chi connectivity index (χ3v) is 3.44. The molecule has 1 aromatic rings. The van der Waals surface area contributed by atoms with Crippen molar-refractivity contribution in [3.63, 3.8) is 0 Å². The van der Waals surface area contributed by atoms with E-state index >= 15 is 0 Å². The van der Waals surface area contributed by atoms with E-state index in [9.17, 15) is 4.39 Å². The van der Waals surface area contributed by atoms with Crippen molar-refractivity contribution < 1.29 is 4.39 Å². The molecule has 3 heteroatoms. The topological polar surface area (TPSA) is 16.1 Å². The van der Waals surface area contributed by atoms with Crippen molar-refractivity contribution in [2.45, 2.75) is 26.7 Å². The monoisotopic (exact) mass is 222 g/mol. The molecule has 0 saturated carbocycles. The minimum Gasteiger partial charge on any atom is -0.356 e. The van der Waals surface area contributed by atoms with E-state index < -0.39 is 0 Å². The Morgan fingerprint density at radius 2 is 2.25 bits per heavy atom. The van der Waals surface area contributed by atoms with Crippen LogP contribution in [-0.2, 0) is 0 Å². The molecule has 0 aromatic carbocycles. The second-order valence-electron chi connectivity index (χ2n) is 4.93. The summed E-state index contributed by atoms with van der Waals surface area (Å²) in [5.41, 5.74) is 0. The molecular weight excluding hydrogens is 203 g/mol. The fourth-order valence-electron chi connectivity index (χ4n) is 2.32. The number of hydrogen-bond acceptors (Lipinski definition) is 2. The van der Waals surface area contributed by atoms with Gasteiger partial charge in [-0.05, 0) is 36.8 Å². The zero-order chi connectivity index (χ0) is 11.5. The first-order valence-corrected chi connectivity index (χ1v) is 6.03. The number of anilines is 1. The van der Waals surface area contributed by atoms with Crippen molar-refractivity contribution in [1.29, 1.82) is 0 Å². The number of pyridine rings is 1. The Bertz CT molecular complexity index is 334. The van der Waals surface area contributed by atoms with E-state index in [4.69, 9.17) is 0 Å². The average Bonchev–Trinajstić information content (AvgIpc) is 2.30. The summed E-state index contributed by atoms with van der Waals surface area (Å²) in [6.07, 6.45) is 3.81. The molecule has 1 atom stereocenters. The SMILES string of the molecule is CC(C)C1CCCN(c2ccc(F)cn2)C1. The maximum absolute atomic E-state index is 12.8. The minimum absolute atomic E-state index is 0.263. The summed E-state index contributed by atoms with van der Waals surface area (Å²) in [7, 11) is 0. The van der Waals surface area contributed by atoms with Crippen LogP contribution >= 0.6 is 0 Å². The molecular formula is C13H19FN2. The molecule has 2 nitrogen and oxygen atoms in total. The van der Waals surface area contributed by atoms with Crippen LogP contribution in [0.2, 0.25) is 0 Å². The van der Waals surface area contributed by atoms with Gasteiger partial charge in [0.05, 0.1) is 6.20 Å². The zero-order valence-electron chi connectivity index (χ0n) is 9.99. The van der Waals surface area contributed by atoms with Crippen molar-refractivity contribution in [3.8, 4) is 0 Å². The third kappa shape index (κ3) is 2.52. The molecule has 0 bridgehead atoms. The molecule has 0 spiro atoms. The lowest BCUT2D eigenvalue weighted by Crippen LogP contribution is -2.37. The van der Waals surface area contributed by atoms with Crippen molar-refractivity contribution in [2.24, 2.45) is 11.8 Å². The number of nitrogens with zero attached hydrogens (tertiary/aromatic N) is 2. The molecule has 2 rings (SSSR count). The average molecular weight is 222 g/mol. The maximum atomic E-state index is 12.8. The van der Waals surface area contributed by atoms with E-state index in [1.54, 1.807) is 6.07 Å². The van der Waals surface area contributed by atoms with Crippen molar-refractivity contribution in [2.75, 3.05) is 18.0 Å². The molecule has 2 heterocycles. The Morgan fingerprint density at radius 3 is 2.88 bits per heavy atom. The predicted molar refractivity (Wildman–Crippen MR) is 64.0 cm³/mol. The van der Waals surface area contributed by atoms with Gasteiger partial charge in [0.2, 0.25) is 0 Å². The van der Waals surface area contributed by atoms with Gasteiger partial charge in [-0.3, -0.25) is 0 Å². The van der Waals surface area contributed by atoms with Gasteiger partial charge in [-0.25, -0.2) is 9.37 Å². The van der Waals surface area contributed by atoms with Gasteiger partial charge in [0.25, 0.3) is 0 Å². The smallest absolute Gasteiger partial charge is 0.141 e. The van der Waals surface area contributed by atoms with Crippen molar-refractivity contribution in [1.82, 2.24) is 4.98 Å². The molecule has 0 N–H and O–H groups in total. The van der Waals surface area contributed by atoms with Crippen LogP contribution in [0.5, 0.6) is 0 Å². The molecule has 0 aliphatic carbocycles. The Kier molecular flexibility index (Phi) is 3.42. The first kappa shape index (κ1) is 11.4. The van der Waals surface area contributed by atoms with E-state index in [1.807, 2.05) is 0 Å². The molecule has 1 aliphatic heterocycles. The van der Waals surface area contributed by atoms with Gasteiger partial charge in [-0.1, -0.05) is 13.8 Å². The first-order valence-electron chi connectivity index (χ1n) is 6.03. The fraction of sp³-hybridized carbons (Fsp3) is 0.615. The Labute approximate surface area is 96.5 Å². The van der Waals surface area contributed by atoms with Gasteiger partial charge in [-0.2, -0.15) is 0 Å². The second kappa shape index (κ2) is 4.81. The van der Waals surface area contributed by atoms with Gasteiger partial charge in [0.15, 0.2) is 0 Å². The van der Waals surface area contributed by atoms with Crippen LogP contribution in [0.1, 0.15) is 26.7 Å². The molecule has 88 valence electrons. The molecule has 0 amide bonds. The molecule has 1 aromatic heterocycles. The lowest BCUT2D eigenvalue weighted by molar-refractivity contribution is 0.321. The van der Waals surface area contributed by atoms with E-state index in [0.29, 0.717) is 5.92 Å². The van der Waals surface area contributed by atoms with Crippen LogP contribution in [-0.4, -0.2) is 18.1 Å². The number of hydrogen-bond donors (Lipinski definition) is 0. The lowest BCUT2D eigenvalue weighted by Gasteiger charge is -2.35. The van der Waals surface area contributed by atoms with E-state index in [-0.39, 0.29) is 5.82 Å². The standard InChI is InChI=1S/C13H19FN2/c1-10(2)11-4-3-7-16(9-11)13-6-5-12(14)8-15-13/h5-6,8,10-11H,3-4,7,9H2,1-2H3. The van der Waals surface area contributed by atoms with Gasteiger partial charge in [0, 0.05) is 13.1 Å². The van der Waals surface area contributed by atoms with E-state index in [1.165, 1.54) is 25.1 Å². The highest BCUT2D eigenvalue weighted by molar-refractivity contribution is 5.38. The number of piperidine rings is 1. The first-order chi connectivity index (χ1) is 7.66. The Morgan fingerprint density at radius 1 is 1.44 bits per heavy atom. The van der Waals surface area contributed by atoms with Crippen LogP contribution < -0.4 is 4.90 Å². The predicted octanol–water partition coefficient (Wildman–Crippen LogP) is 3.09. The van der Waals surface area contributed by atoms with E-state index in [2.05, 4.69) is 23.7 Å². The summed E-state index contributed by atoms with van der Waals surface area (Å²) in [5.74, 6) is 2.09. The lowest BCUT2D eigenvalue weighted by atomic mass is 9.88. The van der Waals surface area contributed by atoms with Crippen LogP contribution in [0.15, 0.2) is 18.3 Å². The third-order valence-electron chi connectivity index (χ3n) is 3.44. The molecule has 1 unspecified atom stereocenters. The molecule has 16 heavy (non-hydrogen) atoms. The number of rotatable bonds is 2. The highest BCUT2D eigenvalue weighted by Gasteiger charge is 2.22. The van der Waals surface area contributed by atoms with Crippen LogP contribution in [0.4, 0.5) is 10.2 Å². The minimum atomic E-state index is -0.263. The van der Waals surface area contributed by atoms with Crippen LogP contribution in [0, 0.1) is 17.7 Å². The van der Waals surface area contributed by atoms with E-state index in [0.717, 1.165) is 24.8 Å². The Balaban J connectivity index is 2.06. The normalized spacial score (nSPS) is 21.5. The van der Waals surface area contributed by atoms with Gasteiger partial charge in [0.1, 0.15) is 11.6 Å². The van der Waals surface area contributed by atoms with Gasteiger partial charge >= 0.3 is 0 Å². The van der Waals surface area contributed by atoms with Crippen molar-refractivity contribution in [3.05, 3.63) is 24.1 Å². The van der Waals surface area contributed by atoms with Crippen LogP contribution in [0.25, 0.3) is 0 Å². The summed E-state index contributed by atoms with van der Waals surface area (Å²) < 4.78 is 12.8. The second-order valence-corrected chi connectivity index (χ2v) is 4.93. The number of aromatic nitrogens is 1. The van der Waals surface area contributed by atoms with Gasteiger partial charge < -0.3 is 4.90 Å². The summed E-state index contributed by atoms with van der Waals surface area (Å²) in [6, 6.07) is 3.26. The van der Waals surface area contributed by atoms with Crippen LogP contribution in [0.3, 0.4) is 0 Å². The highest BCUT2D eigenvalue weighted by atomic mass is 19.1. The van der Waals surface area contributed by atoms with Gasteiger partial charge in [-0.15, -0.1) is 0 Å². The zero-order valence-corrected chi connectivity index (χ0v) is 9.99. The maximum Gasteiger partial charge on any atom is 0.141 e. The molecule has 1 fully saturated rings. The summed E-state index contributed by atoms with van der Waals surface area (Å²) in [5, 5.41) is 0. The largest absolute Gasteiger partial charge is 0.356 e. The summed E-state index contributed by atoms with van der Waals surface area (Å²) >= 11 is 0. The summed E-state index contributed by atoms with van der Waals surface area (Å²) in [4.78, 5) is 6.42. The molecule has 1 aliphatic rings. The highest BCUT2D eigenvalue weighted by Crippen LogP contribution is 2.26. The van der Waals surface area contributed by atoms with Crippen molar-refractivity contribution >= 4 is 5.82 Å².